The number of likely N-dealkylation sites (tertiary alicyclic amines) is 1. The van der Waals surface area contributed by atoms with Crippen LogP contribution in [0.3, 0.4) is 0 Å². The quantitative estimate of drug-likeness (QED) is 0.721. The van der Waals surface area contributed by atoms with E-state index in [0.717, 1.165) is 32.2 Å². The van der Waals surface area contributed by atoms with Crippen LogP contribution in [0.25, 0.3) is 0 Å². The van der Waals surface area contributed by atoms with Crippen molar-refractivity contribution in [2.45, 2.75) is 44.6 Å². The first-order valence-corrected chi connectivity index (χ1v) is 5.62. The first-order chi connectivity index (χ1) is 6.62. The van der Waals surface area contributed by atoms with E-state index in [1.165, 1.54) is 0 Å². The molecule has 2 fully saturated rings. The van der Waals surface area contributed by atoms with Crippen LogP contribution >= 0.6 is 0 Å². The maximum atomic E-state index is 11.4. The number of rotatable bonds is 2. The van der Waals surface area contributed by atoms with Crippen molar-refractivity contribution in [3.8, 4) is 0 Å². The third-order valence-corrected chi connectivity index (χ3v) is 3.80. The molecule has 0 aromatic rings. The lowest BCUT2D eigenvalue weighted by molar-refractivity contribution is -0.131. The number of carbonyl (C=O) groups is 1. The summed E-state index contributed by atoms with van der Waals surface area (Å²) in [5.74, 6) is 0.563. The minimum Gasteiger partial charge on any atom is -0.388 e. The maximum absolute atomic E-state index is 11.4. The summed E-state index contributed by atoms with van der Waals surface area (Å²) < 4.78 is 0. The molecule has 3 nitrogen and oxygen atoms in total. The second-order valence-corrected chi connectivity index (χ2v) is 4.82. The molecule has 0 spiro atoms. The van der Waals surface area contributed by atoms with Gasteiger partial charge in [0.1, 0.15) is 0 Å². The molecule has 2 atom stereocenters. The smallest absolute Gasteiger partial charge is 0.222 e. The molecule has 1 aliphatic heterocycles. The molecule has 1 saturated carbocycles. The molecule has 0 aromatic heterocycles. The van der Waals surface area contributed by atoms with E-state index < -0.39 is 5.60 Å². The SMILES string of the molecule is CC1CCCC1(O)CN1CCCC1=O. The Labute approximate surface area is 85.1 Å². The van der Waals surface area contributed by atoms with Gasteiger partial charge in [0, 0.05) is 19.5 Å². The minimum absolute atomic E-state index is 0.220. The minimum atomic E-state index is -0.597. The molecule has 14 heavy (non-hydrogen) atoms. The fourth-order valence-corrected chi connectivity index (χ4v) is 2.67. The summed E-state index contributed by atoms with van der Waals surface area (Å²) in [5, 5.41) is 10.3. The van der Waals surface area contributed by atoms with Crippen LogP contribution in [-0.2, 0) is 4.79 Å². The second kappa shape index (κ2) is 3.54. The molecule has 1 saturated heterocycles. The highest BCUT2D eigenvalue weighted by Crippen LogP contribution is 2.36. The molecular weight excluding hydrogens is 178 g/mol. The number of aliphatic hydroxyl groups is 1. The van der Waals surface area contributed by atoms with Crippen molar-refractivity contribution in [1.82, 2.24) is 4.90 Å². The van der Waals surface area contributed by atoms with Crippen molar-refractivity contribution in [3.63, 3.8) is 0 Å². The summed E-state index contributed by atoms with van der Waals surface area (Å²) >= 11 is 0. The van der Waals surface area contributed by atoms with Gasteiger partial charge >= 0.3 is 0 Å². The van der Waals surface area contributed by atoms with Gasteiger partial charge in [-0.1, -0.05) is 13.3 Å². The van der Waals surface area contributed by atoms with Crippen molar-refractivity contribution >= 4 is 5.91 Å². The van der Waals surface area contributed by atoms with Gasteiger partial charge in [0.05, 0.1) is 5.60 Å². The number of nitrogens with zero attached hydrogens (tertiary/aromatic N) is 1. The Morgan fingerprint density at radius 2 is 2.36 bits per heavy atom. The number of hydrogen-bond acceptors (Lipinski definition) is 2. The van der Waals surface area contributed by atoms with E-state index in [9.17, 15) is 9.90 Å². The van der Waals surface area contributed by atoms with E-state index in [1.807, 2.05) is 4.90 Å². The molecule has 1 aliphatic carbocycles. The largest absolute Gasteiger partial charge is 0.388 e. The zero-order chi connectivity index (χ0) is 10.2. The molecule has 0 bridgehead atoms. The maximum Gasteiger partial charge on any atom is 0.222 e. The van der Waals surface area contributed by atoms with E-state index in [0.29, 0.717) is 18.9 Å². The number of hydrogen-bond donors (Lipinski definition) is 1. The average molecular weight is 197 g/mol. The van der Waals surface area contributed by atoms with Crippen LogP contribution in [0.4, 0.5) is 0 Å². The first kappa shape index (κ1) is 9.97. The number of amides is 1. The summed E-state index contributed by atoms with van der Waals surface area (Å²) in [6.45, 7) is 3.49. The Balaban J connectivity index is 1.98. The molecule has 1 amide bonds. The Hall–Kier alpha value is -0.570. The molecule has 2 rings (SSSR count). The molecule has 0 aromatic carbocycles. The highest BCUT2D eigenvalue weighted by molar-refractivity contribution is 5.78. The topological polar surface area (TPSA) is 40.5 Å². The lowest BCUT2D eigenvalue weighted by Gasteiger charge is -2.32. The Bertz CT molecular complexity index is 241. The van der Waals surface area contributed by atoms with Gasteiger partial charge in [-0.25, -0.2) is 0 Å². The monoisotopic (exact) mass is 197 g/mol. The van der Waals surface area contributed by atoms with Crippen LogP contribution in [0, 0.1) is 5.92 Å². The highest BCUT2D eigenvalue weighted by Gasteiger charge is 2.41. The van der Waals surface area contributed by atoms with E-state index in [1.54, 1.807) is 0 Å². The van der Waals surface area contributed by atoms with Crippen molar-refractivity contribution in [2.24, 2.45) is 5.92 Å². The van der Waals surface area contributed by atoms with Gasteiger partial charge in [0.25, 0.3) is 0 Å². The van der Waals surface area contributed by atoms with Gasteiger partial charge in [0.15, 0.2) is 0 Å². The van der Waals surface area contributed by atoms with E-state index >= 15 is 0 Å². The Kier molecular flexibility index (Phi) is 2.52. The second-order valence-electron chi connectivity index (χ2n) is 4.82. The van der Waals surface area contributed by atoms with Crippen LogP contribution in [-0.4, -0.2) is 34.6 Å². The molecular formula is C11H19NO2. The van der Waals surface area contributed by atoms with Crippen LogP contribution < -0.4 is 0 Å². The normalized spacial score (nSPS) is 38.3. The Morgan fingerprint density at radius 3 is 2.86 bits per heavy atom. The zero-order valence-corrected chi connectivity index (χ0v) is 8.83. The molecule has 1 N–H and O–H groups in total. The van der Waals surface area contributed by atoms with Gasteiger partial charge in [-0.15, -0.1) is 0 Å². The van der Waals surface area contributed by atoms with Gasteiger partial charge < -0.3 is 10.0 Å². The van der Waals surface area contributed by atoms with Crippen molar-refractivity contribution in [2.75, 3.05) is 13.1 Å². The summed E-state index contributed by atoms with van der Waals surface area (Å²) in [6.07, 6.45) is 4.68. The van der Waals surface area contributed by atoms with Crippen LogP contribution in [0.2, 0.25) is 0 Å². The Morgan fingerprint density at radius 1 is 1.57 bits per heavy atom. The average Bonchev–Trinajstić information content (AvgIpc) is 2.64. The van der Waals surface area contributed by atoms with E-state index in [2.05, 4.69) is 6.92 Å². The lowest BCUT2D eigenvalue weighted by atomic mass is 9.92. The van der Waals surface area contributed by atoms with Crippen LogP contribution in [0.5, 0.6) is 0 Å². The predicted octanol–water partition coefficient (Wildman–Crippen LogP) is 1.16. The summed E-state index contributed by atoms with van der Waals surface area (Å²) in [5.41, 5.74) is -0.597. The van der Waals surface area contributed by atoms with Crippen molar-refractivity contribution in [1.29, 1.82) is 0 Å². The highest BCUT2D eigenvalue weighted by atomic mass is 16.3. The van der Waals surface area contributed by atoms with E-state index in [4.69, 9.17) is 0 Å². The van der Waals surface area contributed by atoms with Gasteiger partial charge in [-0.3, -0.25) is 4.79 Å². The summed E-state index contributed by atoms with van der Waals surface area (Å²) in [6, 6.07) is 0. The van der Waals surface area contributed by atoms with E-state index in [-0.39, 0.29) is 5.91 Å². The third-order valence-electron chi connectivity index (χ3n) is 3.80. The van der Waals surface area contributed by atoms with Gasteiger partial charge in [-0.2, -0.15) is 0 Å². The fraction of sp³-hybridized carbons (Fsp3) is 0.909. The van der Waals surface area contributed by atoms with Crippen LogP contribution in [0.15, 0.2) is 0 Å². The predicted molar refractivity (Wildman–Crippen MR) is 53.8 cm³/mol. The fourth-order valence-electron chi connectivity index (χ4n) is 2.67. The van der Waals surface area contributed by atoms with Gasteiger partial charge in [-0.05, 0) is 25.2 Å². The number of β-amino-alcohol motifs (C(OH)–C–C–N with tert-alkyl or cyclic N) is 1. The molecule has 1 heterocycles. The lowest BCUT2D eigenvalue weighted by Crippen LogP contribution is -2.45. The zero-order valence-electron chi connectivity index (χ0n) is 8.83. The van der Waals surface area contributed by atoms with Gasteiger partial charge in [0.2, 0.25) is 5.91 Å². The number of carbonyl (C=O) groups excluding carboxylic acids is 1. The molecule has 80 valence electrons. The molecule has 2 unspecified atom stereocenters. The van der Waals surface area contributed by atoms with Crippen LogP contribution in [0.1, 0.15) is 39.0 Å². The third kappa shape index (κ3) is 1.65. The summed E-state index contributed by atoms with van der Waals surface area (Å²) in [7, 11) is 0. The molecule has 2 aliphatic rings. The standard InChI is InChI=1S/C11H19NO2/c1-9-4-2-6-11(9,14)8-12-7-3-5-10(12)13/h9,14H,2-8H2,1H3. The molecule has 3 heteroatoms. The summed E-state index contributed by atoms with van der Waals surface area (Å²) in [4.78, 5) is 13.3. The van der Waals surface area contributed by atoms with Crippen molar-refractivity contribution in [3.05, 3.63) is 0 Å². The van der Waals surface area contributed by atoms with Crippen molar-refractivity contribution < 1.29 is 9.90 Å². The molecule has 0 radical (unpaired) electrons. The first-order valence-electron chi connectivity index (χ1n) is 5.62.